The van der Waals surface area contributed by atoms with E-state index in [9.17, 15) is 9.59 Å². The van der Waals surface area contributed by atoms with E-state index in [1.807, 2.05) is 6.92 Å². The van der Waals surface area contributed by atoms with E-state index in [-0.39, 0.29) is 18.5 Å². The number of amides is 3. The van der Waals surface area contributed by atoms with E-state index in [1.54, 1.807) is 0 Å². The maximum atomic E-state index is 10.8. The third kappa shape index (κ3) is 1.10. The summed E-state index contributed by atoms with van der Waals surface area (Å²) in [5.74, 6) is -0.119. The van der Waals surface area contributed by atoms with Crippen molar-refractivity contribution in [3.63, 3.8) is 0 Å². The number of urea groups is 1. The molecule has 0 spiro atoms. The van der Waals surface area contributed by atoms with Gasteiger partial charge in [0.05, 0.1) is 6.54 Å². The van der Waals surface area contributed by atoms with Gasteiger partial charge in [0, 0.05) is 6.54 Å². The number of nitrogens with one attached hydrogen (secondary N) is 1. The monoisotopic (exact) mass is 142 g/mol. The van der Waals surface area contributed by atoms with Crippen molar-refractivity contribution in [1.82, 2.24) is 10.2 Å². The Kier molecular flexibility index (Phi) is 1.89. The second-order valence-electron chi connectivity index (χ2n) is 2.20. The molecule has 1 aliphatic rings. The maximum Gasteiger partial charge on any atom is 0.324 e. The van der Waals surface area contributed by atoms with Crippen LogP contribution < -0.4 is 5.32 Å². The van der Waals surface area contributed by atoms with Crippen molar-refractivity contribution >= 4 is 11.9 Å². The lowest BCUT2D eigenvalue weighted by Crippen LogP contribution is -2.31. The molecule has 0 aromatic carbocycles. The average Bonchev–Trinajstić information content (AvgIpc) is 2.20. The highest BCUT2D eigenvalue weighted by atomic mass is 16.2. The molecule has 0 unspecified atom stereocenters. The first kappa shape index (κ1) is 7.05. The average molecular weight is 142 g/mol. The molecule has 3 amide bonds. The number of carbonyl (C=O) groups excluding carboxylic acids is 2. The van der Waals surface area contributed by atoms with Gasteiger partial charge in [0.2, 0.25) is 5.91 Å². The van der Waals surface area contributed by atoms with E-state index >= 15 is 0 Å². The minimum atomic E-state index is -0.258. The Morgan fingerprint density at radius 2 is 2.30 bits per heavy atom. The summed E-state index contributed by atoms with van der Waals surface area (Å²) in [7, 11) is 0. The van der Waals surface area contributed by atoms with Crippen LogP contribution in [0.5, 0.6) is 0 Å². The zero-order chi connectivity index (χ0) is 7.56. The lowest BCUT2D eigenvalue weighted by molar-refractivity contribution is -0.124. The van der Waals surface area contributed by atoms with Gasteiger partial charge in [-0.1, -0.05) is 6.92 Å². The van der Waals surface area contributed by atoms with Crippen LogP contribution in [0, 0.1) is 0 Å². The molecule has 0 aromatic rings. The van der Waals surface area contributed by atoms with Crippen molar-refractivity contribution in [2.45, 2.75) is 13.3 Å². The molecule has 1 fully saturated rings. The van der Waals surface area contributed by atoms with Crippen LogP contribution in [0.2, 0.25) is 0 Å². The summed E-state index contributed by atoms with van der Waals surface area (Å²) in [6, 6.07) is -0.258. The number of nitrogens with zero attached hydrogens (tertiary/aromatic N) is 1. The number of hydrogen-bond acceptors (Lipinski definition) is 2. The lowest BCUT2D eigenvalue weighted by atomic mass is 10.4. The van der Waals surface area contributed by atoms with Gasteiger partial charge in [0.25, 0.3) is 0 Å². The molecule has 1 aliphatic heterocycles. The predicted octanol–water partition coefficient (Wildman–Crippen LogP) is -0.0518. The minimum Gasteiger partial charge on any atom is -0.329 e. The predicted molar refractivity (Wildman–Crippen MR) is 35.4 cm³/mol. The zero-order valence-electron chi connectivity index (χ0n) is 5.89. The molecule has 56 valence electrons. The van der Waals surface area contributed by atoms with Crippen molar-refractivity contribution in [3.8, 4) is 0 Å². The van der Waals surface area contributed by atoms with Crippen LogP contribution in [0.1, 0.15) is 13.3 Å². The third-order valence-electron chi connectivity index (χ3n) is 1.38. The molecule has 4 heteroatoms. The molecule has 1 saturated heterocycles. The van der Waals surface area contributed by atoms with Gasteiger partial charge in [-0.25, -0.2) is 4.79 Å². The molecule has 0 aliphatic carbocycles. The van der Waals surface area contributed by atoms with Crippen LogP contribution in [0.3, 0.4) is 0 Å². The Labute approximate surface area is 59.2 Å². The first-order chi connectivity index (χ1) is 4.75. The zero-order valence-corrected chi connectivity index (χ0v) is 5.89. The highest BCUT2D eigenvalue weighted by Crippen LogP contribution is 1.98. The summed E-state index contributed by atoms with van der Waals surface area (Å²) in [6.45, 7) is 2.63. The van der Waals surface area contributed by atoms with E-state index in [0.29, 0.717) is 6.54 Å². The van der Waals surface area contributed by atoms with E-state index in [0.717, 1.165) is 6.42 Å². The summed E-state index contributed by atoms with van der Waals surface area (Å²) in [5, 5.41) is 2.44. The van der Waals surface area contributed by atoms with Crippen molar-refractivity contribution in [3.05, 3.63) is 0 Å². The molecule has 10 heavy (non-hydrogen) atoms. The van der Waals surface area contributed by atoms with Crippen molar-refractivity contribution < 1.29 is 9.59 Å². The summed E-state index contributed by atoms with van der Waals surface area (Å²) in [4.78, 5) is 22.8. The van der Waals surface area contributed by atoms with Gasteiger partial charge in [0.1, 0.15) is 0 Å². The fraction of sp³-hybridized carbons (Fsp3) is 0.667. The quantitative estimate of drug-likeness (QED) is 0.549. The highest BCUT2D eigenvalue weighted by Gasteiger charge is 2.26. The second kappa shape index (κ2) is 2.68. The van der Waals surface area contributed by atoms with Gasteiger partial charge in [-0.05, 0) is 6.42 Å². The normalized spacial score (nSPS) is 17.9. The van der Waals surface area contributed by atoms with Gasteiger partial charge in [0.15, 0.2) is 0 Å². The molecule has 0 bridgehead atoms. The highest BCUT2D eigenvalue weighted by molar-refractivity contribution is 6.01. The molecule has 1 rings (SSSR count). The van der Waals surface area contributed by atoms with E-state index < -0.39 is 0 Å². The van der Waals surface area contributed by atoms with Crippen LogP contribution in [-0.4, -0.2) is 29.9 Å². The fourth-order valence-corrected chi connectivity index (χ4v) is 0.905. The molecule has 4 nitrogen and oxygen atoms in total. The number of rotatable bonds is 2. The van der Waals surface area contributed by atoms with Crippen LogP contribution in [-0.2, 0) is 4.79 Å². The topological polar surface area (TPSA) is 49.4 Å². The molecular weight excluding hydrogens is 132 g/mol. The van der Waals surface area contributed by atoms with Crippen LogP contribution in [0.4, 0.5) is 4.79 Å². The van der Waals surface area contributed by atoms with Crippen molar-refractivity contribution in [2.75, 3.05) is 13.1 Å². The molecule has 0 radical (unpaired) electrons. The summed E-state index contributed by atoms with van der Waals surface area (Å²) in [5.41, 5.74) is 0. The molecule has 1 N–H and O–H groups in total. The first-order valence-corrected chi connectivity index (χ1v) is 3.34. The minimum absolute atomic E-state index is 0.119. The second-order valence-corrected chi connectivity index (χ2v) is 2.20. The summed E-state index contributed by atoms with van der Waals surface area (Å²) < 4.78 is 0. The Morgan fingerprint density at radius 1 is 1.60 bits per heavy atom. The van der Waals surface area contributed by atoms with Crippen LogP contribution >= 0.6 is 0 Å². The standard InChI is InChI=1S/C6H10N2O2/c1-2-3-8-5(9)4-7-6(8)10/h2-4H2,1H3,(H,7,10). The van der Waals surface area contributed by atoms with E-state index in [4.69, 9.17) is 0 Å². The number of hydrogen-bond donors (Lipinski definition) is 1. The molecule has 0 atom stereocenters. The van der Waals surface area contributed by atoms with Crippen molar-refractivity contribution in [1.29, 1.82) is 0 Å². The largest absolute Gasteiger partial charge is 0.329 e. The molecule has 1 heterocycles. The maximum absolute atomic E-state index is 10.8. The van der Waals surface area contributed by atoms with Gasteiger partial charge >= 0.3 is 6.03 Å². The number of imide groups is 1. The summed E-state index contributed by atoms with van der Waals surface area (Å²) >= 11 is 0. The Hall–Kier alpha value is -1.06. The van der Waals surface area contributed by atoms with Gasteiger partial charge in [-0.3, -0.25) is 9.69 Å². The summed E-state index contributed by atoms with van der Waals surface area (Å²) in [6.07, 6.45) is 0.819. The smallest absolute Gasteiger partial charge is 0.324 e. The van der Waals surface area contributed by atoms with Gasteiger partial charge in [-0.15, -0.1) is 0 Å². The molecule has 0 aromatic heterocycles. The van der Waals surface area contributed by atoms with Gasteiger partial charge < -0.3 is 5.32 Å². The van der Waals surface area contributed by atoms with Crippen LogP contribution in [0.15, 0.2) is 0 Å². The Bertz CT molecular complexity index is 151. The fourth-order valence-electron chi connectivity index (χ4n) is 0.905. The first-order valence-electron chi connectivity index (χ1n) is 3.34. The van der Waals surface area contributed by atoms with Crippen molar-refractivity contribution in [2.24, 2.45) is 0 Å². The Morgan fingerprint density at radius 3 is 2.70 bits per heavy atom. The third-order valence-corrected chi connectivity index (χ3v) is 1.38. The van der Waals surface area contributed by atoms with Crippen LogP contribution in [0.25, 0.3) is 0 Å². The van der Waals surface area contributed by atoms with E-state index in [1.165, 1.54) is 4.90 Å². The lowest BCUT2D eigenvalue weighted by Gasteiger charge is -2.08. The SMILES string of the molecule is CCCN1C(=O)CNC1=O. The molecule has 0 saturated carbocycles. The van der Waals surface area contributed by atoms with Gasteiger partial charge in [-0.2, -0.15) is 0 Å². The van der Waals surface area contributed by atoms with E-state index in [2.05, 4.69) is 5.32 Å². The number of carbonyl (C=O) groups is 2. The molecular formula is C6H10N2O2. The Balaban J connectivity index is 2.54.